The van der Waals surface area contributed by atoms with Crippen molar-refractivity contribution in [1.29, 1.82) is 0 Å². The number of ether oxygens (including phenoxy) is 4. The number of fused-ring (bicyclic) bond motifs is 2. The van der Waals surface area contributed by atoms with Crippen LogP contribution in [0.2, 0.25) is 0 Å². The predicted octanol–water partition coefficient (Wildman–Crippen LogP) is -19.5. The second-order valence-corrected chi connectivity index (χ2v) is 38.4. The van der Waals surface area contributed by atoms with Crippen molar-refractivity contribution in [2.75, 3.05) is 89.3 Å². The zero-order chi connectivity index (χ0) is 90.7. The van der Waals surface area contributed by atoms with E-state index in [0.717, 1.165) is 87.0 Å². The second kappa shape index (κ2) is 59.3. The van der Waals surface area contributed by atoms with Crippen molar-refractivity contribution in [3.63, 3.8) is 0 Å². The summed E-state index contributed by atoms with van der Waals surface area (Å²) in [5.74, 6) is -5.79. The number of phenols is 2. The Morgan fingerprint density at radius 1 is 0.362 bits per heavy atom. The van der Waals surface area contributed by atoms with Gasteiger partial charge < -0.3 is 79.9 Å². The molecule has 0 heterocycles. The van der Waals surface area contributed by atoms with Crippen LogP contribution in [0, 0.1) is 13.8 Å². The topological polar surface area (TPSA) is 797 Å². The molecule has 52 nitrogen and oxygen atoms in total. The molecule has 0 aliphatic rings. The number of benzene rings is 8. The van der Waals surface area contributed by atoms with E-state index in [2.05, 4.69) is 86.8 Å². The summed E-state index contributed by atoms with van der Waals surface area (Å²) in [5, 5.41) is 107. The molecule has 8 aromatic rings. The molecule has 0 saturated carbocycles. The van der Waals surface area contributed by atoms with Gasteiger partial charge >= 0.3 is 236 Å². The van der Waals surface area contributed by atoms with Crippen LogP contribution in [-0.4, -0.2) is 174 Å². The van der Waals surface area contributed by atoms with Crippen LogP contribution in [0.5, 0.6) is 34.5 Å². The summed E-state index contributed by atoms with van der Waals surface area (Å²) >= 11 is 0.562. The molecule has 8 rings (SSSR count). The van der Waals surface area contributed by atoms with E-state index >= 15 is 0 Å². The van der Waals surface area contributed by atoms with Crippen molar-refractivity contribution in [1.82, 2.24) is 0 Å². The summed E-state index contributed by atoms with van der Waals surface area (Å²) in [6, 6.07) is 14.5. The molecule has 0 radical (unpaired) electrons. The standard InChI is InChI=1S/C30H33N5O22S6.C28H29N5O20S6.8Na/c1-15-9-17(19(49-2)13-23(15)60(39,40)7-5-52-59-57-55-38)32-34-28-22(58-56-54-37)10-16-11-25(62(43,44)45)29(27(31)26(16)30(28)36)35-33-18-12-21(51-4)24(14-20(18)50-3)61(41,42)8-6-53-63(46,47)48;1-15-11-19(20(47-2)14-22(15)57(39,40)9-7-48-55-53-51-36)31-32-26-21(54-52-50-35)12-16-13-23(58(41,42)43)27(25(29)24(16)28(26)34)33-30-17-3-5-18(6-4-17)56(37,38)10-8-49-59(44,45)46;;;;;;;;/h9-14,36-38H,5-8,31H2,1-4H3,(H,43,44,45)(H,46,47,48);3-6,11-14,34-36H,7-10,29H2,1-2H3,(H,41,42,43)(H,44,45,46);;;;;;;;/q;;8*+1/p-8. The predicted molar refractivity (Wildman–Crippen MR) is 401 cm³/mol. The number of phenolic OH excluding ortho intramolecular Hbond substituents is 2. The Morgan fingerprint density at radius 2 is 0.677 bits per heavy atom. The zero-order valence-electron chi connectivity index (χ0n) is 69.6. The number of azo groups is 4. The summed E-state index contributed by atoms with van der Waals surface area (Å²) in [6.45, 7) is -0.00479. The molecular formula is C58H54N10Na8O42S12. The second-order valence-electron chi connectivity index (χ2n) is 22.8. The molecule has 0 unspecified atom stereocenters. The Hall–Kier alpha value is -0.720. The first-order valence-electron chi connectivity index (χ1n) is 31.6. The van der Waals surface area contributed by atoms with Crippen LogP contribution in [0.25, 0.3) is 21.5 Å². The van der Waals surface area contributed by atoms with Gasteiger partial charge in [0.25, 0.3) is 0 Å². The molecule has 8 aromatic carbocycles. The first kappa shape index (κ1) is 131. The van der Waals surface area contributed by atoms with E-state index in [1.807, 2.05) is 0 Å². The molecular weight excluding hydrogens is 2080 g/mol. The number of anilines is 2. The van der Waals surface area contributed by atoms with Gasteiger partial charge in [0.1, 0.15) is 87.9 Å². The Morgan fingerprint density at radius 3 is 1.02 bits per heavy atom. The van der Waals surface area contributed by atoms with Crippen molar-refractivity contribution in [2.45, 2.75) is 53.0 Å². The monoisotopic (exact) mass is 2130 g/mol. The normalized spacial score (nSPS) is 12.0. The quantitative estimate of drug-likeness (QED) is 0.00317. The summed E-state index contributed by atoms with van der Waals surface area (Å²) in [7, 11) is -33.4. The number of aryl methyl sites for hydroxylation is 2. The van der Waals surface area contributed by atoms with Crippen molar-refractivity contribution in [2.24, 2.45) is 40.9 Å². The molecule has 668 valence electrons. The molecule has 6 N–H and O–H groups in total. The Kier molecular flexibility index (Phi) is 59.9. The van der Waals surface area contributed by atoms with Gasteiger partial charge in [-0.05, 0) is 96.4 Å². The maximum atomic E-state index is 13.0. The van der Waals surface area contributed by atoms with E-state index in [1.165, 1.54) is 40.2 Å². The van der Waals surface area contributed by atoms with Crippen LogP contribution >= 0.6 is 48.7 Å². The van der Waals surface area contributed by atoms with Crippen molar-refractivity contribution >= 4 is 208 Å². The number of methoxy groups -OCH3 is 4. The SMILES string of the molecule is COc1cc(S(=O)(=O)CCOS(=O)(=O)[O-])c(OC)cc1N=Nc1c(S(=O)(=O)[O-])cc2cc(SOO[O-])c(N=Nc3cc(C)c(S(=O)(=O)CCOSOO[O-])cc3OC)c(O)c2c1N.COc1cc(S(=O)(=O)CCOSOO[O-])c(C)cc1N=Nc1c(SOO[O-])cc2cc(S(=O)(=O)[O-])c(N=Nc3ccc(S(=O)(=O)CCOS(=O)(=O)[O-])cc3)c(N)c2c1O.[Na+].[Na+].[Na+].[Na+].[Na+].[Na+].[Na+].[Na+]. The summed E-state index contributed by atoms with van der Waals surface area (Å²) in [5.41, 5.74) is 8.26. The number of hydrogen-bond acceptors (Lipinski definition) is 56. The average Bonchev–Trinajstić information content (AvgIpc) is 0.745. The van der Waals surface area contributed by atoms with Crippen LogP contribution in [0.4, 0.5) is 56.9 Å². The number of nitrogens with zero attached hydrogens (tertiary/aromatic N) is 8. The third-order valence-electron chi connectivity index (χ3n) is 15.4. The van der Waals surface area contributed by atoms with Crippen molar-refractivity contribution < 1.29 is 426 Å². The van der Waals surface area contributed by atoms with E-state index in [1.54, 1.807) is 0 Å². The van der Waals surface area contributed by atoms with Crippen LogP contribution < -0.4 is 288 Å². The molecule has 0 bridgehead atoms. The Labute approximate surface area is 933 Å². The maximum absolute atomic E-state index is 13.0. The van der Waals surface area contributed by atoms with Gasteiger partial charge in [-0.2, -0.15) is 13.8 Å². The van der Waals surface area contributed by atoms with Crippen molar-refractivity contribution in [3.05, 3.63) is 96.1 Å². The van der Waals surface area contributed by atoms with Crippen molar-refractivity contribution in [3.8, 4) is 34.5 Å². The first-order chi connectivity index (χ1) is 57.2. The molecule has 0 fully saturated rings. The number of aromatic hydroxyl groups is 2. The number of rotatable bonds is 44. The molecule has 0 aromatic heterocycles. The van der Waals surface area contributed by atoms with Gasteiger partial charge in [-0.25, -0.2) is 67.3 Å². The van der Waals surface area contributed by atoms with Gasteiger partial charge in [0.15, 0.2) is 75.5 Å². The maximum Gasteiger partial charge on any atom is 1.00 e. The molecule has 0 aliphatic heterocycles. The van der Waals surface area contributed by atoms with E-state index < -0.39 is 201 Å². The Bertz CT molecular complexity index is 6370. The minimum Gasteiger partial charge on any atom is -0.744 e. The van der Waals surface area contributed by atoms with E-state index in [-0.39, 0.29) is 377 Å². The summed E-state index contributed by atoms with van der Waals surface area (Å²) in [6.07, 6.45) is 0. The van der Waals surface area contributed by atoms with Gasteiger partial charge in [-0.15, -0.1) is 44.5 Å². The zero-order valence-corrected chi connectivity index (χ0v) is 95.4. The third-order valence-corrected chi connectivity index (χ3v) is 27.0. The largest absolute Gasteiger partial charge is 1.00 e. The van der Waals surface area contributed by atoms with E-state index in [0.29, 0.717) is 0 Å². The molecule has 0 amide bonds. The number of nitrogen functional groups attached to an aromatic ring is 2. The van der Waals surface area contributed by atoms with E-state index in [9.17, 15) is 117 Å². The summed E-state index contributed by atoms with van der Waals surface area (Å²) in [4.78, 5) is -4.00. The first-order valence-corrected chi connectivity index (χ1v) is 46.5. The molecule has 0 atom stereocenters. The minimum atomic E-state index is -5.48. The Balaban J connectivity index is 0. The van der Waals surface area contributed by atoms with Gasteiger partial charge in [0.05, 0.1) is 164 Å². The number of nitrogens with two attached hydrogens (primary N) is 2. The fourth-order valence-electron chi connectivity index (χ4n) is 10.2. The van der Waals surface area contributed by atoms with Crippen LogP contribution in [0.1, 0.15) is 11.1 Å². The average molecular weight is 2130 g/mol. The smallest absolute Gasteiger partial charge is 0.744 e. The molecule has 130 heavy (non-hydrogen) atoms. The third kappa shape index (κ3) is 37.3. The minimum absolute atomic E-state index is 0. The van der Waals surface area contributed by atoms with Crippen LogP contribution in [0.15, 0.2) is 165 Å². The van der Waals surface area contributed by atoms with Gasteiger partial charge in [-0.3, -0.25) is 36.9 Å². The van der Waals surface area contributed by atoms with Crippen LogP contribution in [-0.2, 0) is 135 Å². The fraction of sp³-hybridized carbons (Fsp3) is 0.241. The van der Waals surface area contributed by atoms with Crippen LogP contribution in [0.3, 0.4) is 0 Å². The molecule has 0 spiro atoms. The summed E-state index contributed by atoms with van der Waals surface area (Å²) < 4.78 is 297. The number of hydrogen-bond donors (Lipinski definition) is 4. The molecule has 0 aliphatic carbocycles. The van der Waals surface area contributed by atoms with E-state index in [4.69, 9.17) is 38.8 Å². The van der Waals surface area contributed by atoms with Gasteiger partial charge in [0, 0.05) is 24.3 Å². The number of sulfone groups is 4. The molecule has 0 saturated heterocycles. The van der Waals surface area contributed by atoms with Gasteiger partial charge in [-0.1, -0.05) is 0 Å². The van der Waals surface area contributed by atoms with Gasteiger partial charge in [0.2, 0.25) is 20.8 Å². The fourth-order valence-corrected chi connectivity index (χ4v) is 19.0. The molecule has 72 heteroatoms.